The van der Waals surface area contributed by atoms with E-state index in [1.54, 1.807) is 48.5 Å². The van der Waals surface area contributed by atoms with E-state index < -0.39 is 32.5 Å². The van der Waals surface area contributed by atoms with Gasteiger partial charge in [0.25, 0.3) is 20.0 Å². The van der Waals surface area contributed by atoms with Crippen LogP contribution in [0.25, 0.3) is 0 Å². The van der Waals surface area contributed by atoms with Crippen molar-refractivity contribution in [2.75, 3.05) is 27.5 Å². The van der Waals surface area contributed by atoms with Gasteiger partial charge < -0.3 is 10.1 Å². The van der Waals surface area contributed by atoms with Crippen molar-refractivity contribution in [2.45, 2.75) is 30.6 Å². The Hall–Kier alpha value is -4.35. The maximum Gasteiger partial charge on any atom is 0.264 e. The second-order valence-corrected chi connectivity index (χ2v) is 12.8. The number of amides is 1. The highest BCUT2D eigenvalue weighted by atomic mass is 32.2. The number of ether oxygens (including phenoxy) is 1. The van der Waals surface area contributed by atoms with Crippen LogP contribution in [-0.2, 0) is 24.8 Å². The Balaban J connectivity index is 1.53. The highest BCUT2D eigenvalue weighted by Crippen LogP contribution is 2.26. The molecule has 214 valence electrons. The molecule has 0 heterocycles. The largest absolute Gasteiger partial charge is 0.494 e. The summed E-state index contributed by atoms with van der Waals surface area (Å²) in [4.78, 5) is 13.1. The van der Waals surface area contributed by atoms with Crippen molar-refractivity contribution in [1.82, 2.24) is 0 Å². The van der Waals surface area contributed by atoms with Crippen molar-refractivity contribution in [3.8, 4) is 5.75 Å². The first kappa shape index (κ1) is 29.6. The summed E-state index contributed by atoms with van der Waals surface area (Å²) in [5, 5.41) is 2.66. The van der Waals surface area contributed by atoms with Gasteiger partial charge in [0.2, 0.25) is 5.91 Å². The highest BCUT2D eigenvalue weighted by molar-refractivity contribution is 7.93. The Bertz CT molecular complexity index is 1720. The van der Waals surface area contributed by atoms with Gasteiger partial charge in [-0.1, -0.05) is 30.3 Å². The molecule has 0 atom stereocenters. The predicted molar refractivity (Wildman–Crippen MR) is 160 cm³/mol. The van der Waals surface area contributed by atoms with Crippen LogP contribution in [0.1, 0.15) is 18.1 Å². The number of nitrogens with zero attached hydrogens (tertiary/aromatic N) is 1. The lowest BCUT2D eigenvalue weighted by atomic mass is 10.1. The van der Waals surface area contributed by atoms with Crippen molar-refractivity contribution in [3.05, 3.63) is 108 Å². The third-order valence-electron chi connectivity index (χ3n) is 6.14. The normalized spacial score (nSPS) is 11.5. The first-order valence-electron chi connectivity index (χ1n) is 12.8. The summed E-state index contributed by atoms with van der Waals surface area (Å²) in [5.74, 6) is -0.0395. The predicted octanol–water partition coefficient (Wildman–Crippen LogP) is 5.34. The van der Waals surface area contributed by atoms with Gasteiger partial charge >= 0.3 is 0 Å². The number of aryl methyl sites for hydroxylation is 2. The number of benzene rings is 4. The molecule has 11 heteroatoms. The SMILES string of the molecule is CCOc1ccc(N(CC(=O)Nc2ccc(S(=O)(=O)Nc3cc(C)ccc3C)cc2)S(=O)(=O)c2ccccc2)cc1. The van der Waals surface area contributed by atoms with Crippen LogP contribution in [0.5, 0.6) is 5.75 Å². The molecule has 0 aliphatic carbocycles. The third-order valence-corrected chi connectivity index (χ3v) is 9.31. The van der Waals surface area contributed by atoms with E-state index in [9.17, 15) is 21.6 Å². The van der Waals surface area contributed by atoms with E-state index >= 15 is 0 Å². The van der Waals surface area contributed by atoms with Gasteiger partial charge in [-0.15, -0.1) is 0 Å². The Labute approximate surface area is 240 Å². The summed E-state index contributed by atoms with van der Waals surface area (Å²) in [6, 6.07) is 25.4. The van der Waals surface area contributed by atoms with E-state index in [0.717, 1.165) is 15.4 Å². The summed E-state index contributed by atoms with van der Waals surface area (Å²) >= 11 is 0. The first-order valence-corrected chi connectivity index (χ1v) is 15.7. The minimum absolute atomic E-state index is 0.0130. The van der Waals surface area contributed by atoms with E-state index in [1.807, 2.05) is 32.9 Å². The molecule has 4 aromatic carbocycles. The van der Waals surface area contributed by atoms with Gasteiger partial charge in [0.1, 0.15) is 12.3 Å². The summed E-state index contributed by atoms with van der Waals surface area (Å²) in [5.41, 5.74) is 2.78. The molecule has 0 aliphatic rings. The number of nitrogens with one attached hydrogen (secondary N) is 2. The van der Waals surface area contributed by atoms with Crippen LogP contribution in [0.15, 0.2) is 107 Å². The second-order valence-electron chi connectivity index (χ2n) is 9.25. The molecule has 9 nitrogen and oxygen atoms in total. The molecule has 0 aromatic heterocycles. The number of anilines is 3. The lowest BCUT2D eigenvalue weighted by Crippen LogP contribution is -2.38. The molecule has 0 bridgehead atoms. The van der Waals surface area contributed by atoms with Gasteiger partial charge in [-0.2, -0.15) is 0 Å². The highest BCUT2D eigenvalue weighted by Gasteiger charge is 2.27. The molecule has 0 radical (unpaired) electrons. The van der Waals surface area contributed by atoms with Crippen molar-refractivity contribution >= 4 is 43.0 Å². The fourth-order valence-corrected chi connectivity index (χ4v) is 6.57. The number of sulfonamides is 2. The van der Waals surface area contributed by atoms with Crippen molar-refractivity contribution in [3.63, 3.8) is 0 Å². The van der Waals surface area contributed by atoms with Gasteiger partial charge in [0, 0.05) is 5.69 Å². The van der Waals surface area contributed by atoms with Gasteiger partial charge in [0.15, 0.2) is 0 Å². The molecular formula is C30H31N3O6S2. The summed E-state index contributed by atoms with van der Waals surface area (Å²) in [6.07, 6.45) is 0. The molecule has 0 spiro atoms. The van der Waals surface area contributed by atoms with Crippen LogP contribution >= 0.6 is 0 Å². The molecule has 4 aromatic rings. The summed E-state index contributed by atoms with van der Waals surface area (Å²) in [6.45, 7) is 5.46. The van der Waals surface area contributed by atoms with E-state index in [0.29, 0.717) is 23.7 Å². The fourth-order valence-electron chi connectivity index (χ4n) is 4.01. The Kier molecular flexibility index (Phi) is 8.99. The van der Waals surface area contributed by atoms with Gasteiger partial charge in [-0.3, -0.25) is 13.8 Å². The topological polar surface area (TPSA) is 122 Å². The van der Waals surface area contributed by atoms with Crippen LogP contribution in [-0.4, -0.2) is 35.9 Å². The van der Waals surface area contributed by atoms with Crippen molar-refractivity contribution in [2.24, 2.45) is 0 Å². The number of hydrogen-bond acceptors (Lipinski definition) is 6. The molecular weight excluding hydrogens is 562 g/mol. The molecule has 2 N–H and O–H groups in total. The molecule has 0 unspecified atom stereocenters. The maximum atomic E-state index is 13.5. The smallest absolute Gasteiger partial charge is 0.264 e. The molecule has 41 heavy (non-hydrogen) atoms. The minimum Gasteiger partial charge on any atom is -0.494 e. The van der Waals surface area contributed by atoms with E-state index in [-0.39, 0.29) is 15.5 Å². The van der Waals surface area contributed by atoms with Crippen molar-refractivity contribution in [1.29, 1.82) is 0 Å². The standard InChI is InChI=1S/C30H31N3O6S2/c1-4-39-26-16-14-25(15-17-26)33(41(37,38)28-8-6-5-7-9-28)21-30(34)31-24-12-18-27(19-13-24)40(35,36)32-29-20-22(2)10-11-23(29)3/h5-20,32H,4,21H2,1-3H3,(H,31,34). The maximum absolute atomic E-state index is 13.5. The van der Waals surface area contributed by atoms with Crippen LogP contribution < -0.4 is 19.1 Å². The number of rotatable bonds is 11. The molecule has 4 rings (SSSR count). The number of hydrogen-bond donors (Lipinski definition) is 2. The van der Waals surface area contributed by atoms with Crippen molar-refractivity contribution < 1.29 is 26.4 Å². The van der Waals surface area contributed by atoms with E-state index in [1.165, 1.54) is 36.4 Å². The monoisotopic (exact) mass is 593 g/mol. The van der Waals surface area contributed by atoms with E-state index in [2.05, 4.69) is 10.0 Å². The average Bonchev–Trinajstić information content (AvgIpc) is 2.95. The van der Waals surface area contributed by atoms with Gasteiger partial charge in [-0.05, 0) is 98.6 Å². The fraction of sp³-hybridized carbons (Fsp3) is 0.167. The Morgan fingerprint density at radius 2 is 1.46 bits per heavy atom. The molecule has 0 saturated heterocycles. The Morgan fingerprint density at radius 1 is 0.805 bits per heavy atom. The van der Waals surface area contributed by atoms with Gasteiger partial charge in [-0.25, -0.2) is 16.8 Å². The van der Waals surface area contributed by atoms with Crippen LogP contribution in [0.4, 0.5) is 17.1 Å². The van der Waals surface area contributed by atoms with Crippen LogP contribution in [0.2, 0.25) is 0 Å². The summed E-state index contributed by atoms with van der Waals surface area (Å²) in [7, 11) is -7.96. The zero-order chi connectivity index (χ0) is 29.6. The number of carbonyl (C=O) groups is 1. The van der Waals surface area contributed by atoms with Crippen LogP contribution in [0.3, 0.4) is 0 Å². The molecule has 0 saturated carbocycles. The zero-order valence-electron chi connectivity index (χ0n) is 22.9. The lowest BCUT2D eigenvalue weighted by molar-refractivity contribution is -0.114. The quantitative estimate of drug-likeness (QED) is 0.242. The molecule has 1 amide bonds. The third kappa shape index (κ3) is 7.24. The zero-order valence-corrected chi connectivity index (χ0v) is 24.5. The minimum atomic E-state index is -4.09. The molecule has 0 aliphatic heterocycles. The van der Waals surface area contributed by atoms with Gasteiger partial charge in [0.05, 0.1) is 27.8 Å². The summed E-state index contributed by atoms with van der Waals surface area (Å²) < 4.78 is 62.0. The number of carbonyl (C=O) groups excluding carboxylic acids is 1. The lowest BCUT2D eigenvalue weighted by Gasteiger charge is -2.24. The first-order chi connectivity index (χ1) is 19.5. The second kappa shape index (κ2) is 12.4. The van der Waals surface area contributed by atoms with Crippen LogP contribution in [0, 0.1) is 13.8 Å². The average molecular weight is 594 g/mol. The molecule has 0 fully saturated rings. The van der Waals surface area contributed by atoms with E-state index in [4.69, 9.17) is 4.74 Å². The Morgan fingerprint density at radius 3 is 2.10 bits per heavy atom.